The second-order valence-corrected chi connectivity index (χ2v) is 9.22. The maximum absolute atomic E-state index is 4.76. The predicted octanol–water partition coefficient (Wildman–Crippen LogP) is 7.20. The van der Waals surface area contributed by atoms with Gasteiger partial charge in [0, 0.05) is 18.7 Å². The third-order valence-electron chi connectivity index (χ3n) is 6.41. The van der Waals surface area contributed by atoms with Crippen molar-refractivity contribution in [3.63, 3.8) is 0 Å². The van der Waals surface area contributed by atoms with E-state index in [1.807, 2.05) is 5.51 Å². The number of aryl methyl sites for hydroxylation is 1. The summed E-state index contributed by atoms with van der Waals surface area (Å²) >= 11 is 1.74. The summed E-state index contributed by atoms with van der Waals surface area (Å²) in [6.07, 6.45) is 6.41. The molecule has 152 valence electrons. The van der Waals surface area contributed by atoms with E-state index in [4.69, 9.17) is 4.98 Å². The average Bonchev–Trinajstić information content (AvgIpc) is 3.29. The first-order valence-electron chi connectivity index (χ1n) is 11.1. The van der Waals surface area contributed by atoms with E-state index < -0.39 is 0 Å². The van der Waals surface area contributed by atoms with Gasteiger partial charge in [-0.25, -0.2) is 4.98 Å². The van der Waals surface area contributed by atoms with Crippen molar-refractivity contribution in [1.29, 1.82) is 0 Å². The van der Waals surface area contributed by atoms with E-state index in [-0.39, 0.29) is 0 Å². The molecule has 3 heteroatoms. The maximum Gasteiger partial charge on any atom is 0.105 e. The Labute approximate surface area is 183 Å². The van der Waals surface area contributed by atoms with Gasteiger partial charge in [0.2, 0.25) is 0 Å². The number of rotatable bonds is 6. The monoisotopic (exact) mass is 412 g/mol. The quantitative estimate of drug-likeness (QED) is 0.333. The van der Waals surface area contributed by atoms with Crippen molar-refractivity contribution in [3.8, 4) is 11.1 Å². The summed E-state index contributed by atoms with van der Waals surface area (Å²) in [5.74, 6) is 0.847. The highest BCUT2D eigenvalue weighted by Gasteiger charge is 2.23. The molecule has 2 nitrogen and oxygen atoms in total. The third-order valence-corrected chi connectivity index (χ3v) is 7.21. The van der Waals surface area contributed by atoms with Gasteiger partial charge in [0.25, 0.3) is 0 Å². The van der Waals surface area contributed by atoms with Crippen molar-refractivity contribution in [2.24, 2.45) is 5.92 Å². The number of aromatic nitrogens is 1. The molecular formula is C27H28N2S. The van der Waals surface area contributed by atoms with Gasteiger partial charge in [-0.2, -0.15) is 0 Å². The van der Waals surface area contributed by atoms with Crippen LogP contribution in [0, 0.1) is 5.92 Å². The van der Waals surface area contributed by atoms with Gasteiger partial charge in [0.05, 0.1) is 15.9 Å². The Balaban J connectivity index is 1.29. The van der Waals surface area contributed by atoms with Crippen LogP contribution in [0.15, 0.2) is 78.3 Å². The fraction of sp³-hybridized carbons (Fsp3) is 0.296. The van der Waals surface area contributed by atoms with Gasteiger partial charge < -0.3 is 4.90 Å². The molecule has 1 aromatic heterocycles. The van der Waals surface area contributed by atoms with E-state index in [1.54, 1.807) is 11.3 Å². The molecule has 1 fully saturated rings. The number of thiazole rings is 1. The molecule has 2 heterocycles. The number of piperidine rings is 1. The topological polar surface area (TPSA) is 16.1 Å². The summed E-state index contributed by atoms with van der Waals surface area (Å²) in [6.45, 7) is 2.26. The van der Waals surface area contributed by atoms with Gasteiger partial charge in [-0.3, -0.25) is 0 Å². The van der Waals surface area contributed by atoms with Gasteiger partial charge in [-0.1, -0.05) is 66.7 Å². The van der Waals surface area contributed by atoms with Crippen molar-refractivity contribution >= 4 is 27.2 Å². The summed E-state index contributed by atoms with van der Waals surface area (Å²) < 4.78 is 1.29. The van der Waals surface area contributed by atoms with Gasteiger partial charge in [0.1, 0.15) is 5.52 Å². The molecule has 0 spiro atoms. The van der Waals surface area contributed by atoms with Gasteiger partial charge in [0.15, 0.2) is 0 Å². The number of hydrogen-bond acceptors (Lipinski definition) is 3. The lowest BCUT2D eigenvalue weighted by Gasteiger charge is -2.35. The second-order valence-electron chi connectivity index (χ2n) is 8.34. The summed E-state index contributed by atoms with van der Waals surface area (Å²) in [5.41, 5.74) is 8.56. The molecule has 1 aliphatic heterocycles. The lowest BCUT2D eigenvalue weighted by atomic mass is 9.90. The standard InChI is InChI=1S/C27H28N2S/c1-3-8-21(9-4-1)10-7-11-22-16-18-29(19-17-22)27-24(23-12-5-2-6-13-23)14-15-25-26(27)28-20-30-25/h1-6,8-9,12-15,20,22H,7,10-11,16-19H2. The normalized spacial score (nSPS) is 15.0. The molecule has 1 saturated heterocycles. The van der Waals surface area contributed by atoms with E-state index >= 15 is 0 Å². The first-order valence-corrected chi connectivity index (χ1v) is 12.0. The summed E-state index contributed by atoms with van der Waals surface area (Å²) in [5, 5.41) is 0. The van der Waals surface area contributed by atoms with Crippen LogP contribution >= 0.6 is 11.3 Å². The SMILES string of the molecule is c1ccc(CCCC2CCN(c3c(-c4ccccc4)ccc4scnc34)CC2)cc1. The highest BCUT2D eigenvalue weighted by molar-refractivity contribution is 7.16. The van der Waals surface area contributed by atoms with Crippen LogP contribution in [-0.4, -0.2) is 18.1 Å². The molecule has 4 aromatic rings. The largest absolute Gasteiger partial charge is 0.369 e. The molecule has 0 bridgehead atoms. The molecule has 1 aliphatic rings. The molecular weight excluding hydrogens is 384 g/mol. The molecule has 0 aliphatic carbocycles. The molecule has 0 amide bonds. The minimum atomic E-state index is 0.847. The van der Waals surface area contributed by atoms with E-state index in [0.29, 0.717) is 0 Å². The summed E-state index contributed by atoms with van der Waals surface area (Å²) in [6, 6.07) is 26.2. The second kappa shape index (κ2) is 9.01. The van der Waals surface area contributed by atoms with E-state index in [0.717, 1.165) is 19.0 Å². The van der Waals surface area contributed by atoms with Crippen LogP contribution in [-0.2, 0) is 6.42 Å². The van der Waals surface area contributed by atoms with Crippen LogP contribution < -0.4 is 4.90 Å². The third kappa shape index (κ3) is 4.13. The van der Waals surface area contributed by atoms with Crippen molar-refractivity contribution < 1.29 is 0 Å². The summed E-state index contributed by atoms with van der Waals surface area (Å²) in [4.78, 5) is 7.35. The number of nitrogens with zero attached hydrogens (tertiary/aromatic N) is 2. The van der Waals surface area contributed by atoms with Crippen LogP contribution in [0.3, 0.4) is 0 Å². The van der Waals surface area contributed by atoms with Gasteiger partial charge in [-0.15, -0.1) is 11.3 Å². The number of benzene rings is 3. The first-order chi connectivity index (χ1) is 14.9. The molecule has 0 saturated carbocycles. The lowest BCUT2D eigenvalue weighted by molar-refractivity contribution is 0.373. The zero-order chi connectivity index (χ0) is 20.2. The Morgan fingerprint density at radius 2 is 1.60 bits per heavy atom. The predicted molar refractivity (Wildman–Crippen MR) is 129 cm³/mol. The molecule has 0 atom stereocenters. The van der Waals surface area contributed by atoms with E-state index in [1.165, 1.54) is 64.7 Å². The number of fused-ring (bicyclic) bond motifs is 1. The van der Waals surface area contributed by atoms with Gasteiger partial charge >= 0.3 is 0 Å². The average molecular weight is 413 g/mol. The molecule has 0 radical (unpaired) electrons. The Morgan fingerprint density at radius 3 is 2.37 bits per heavy atom. The number of hydrogen-bond donors (Lipinski definition) is 0. The molecule has 30 heavy (non-hydrogen) atoms. The molecule has 0 N–H and O–H groups in total. The van der Waals surface area contributed by atoms with Crippen LogP contribution in [0.2, 0.25) is 0 Å². The zero-order valence-electron chi connectivity index (χ0n) is 17.3. The number of anilines is 1. The molecule has 5 rings (SSSR count). The van der Waals surface area contributed by atoms with E-state index in [9.17, 15) is 0 Å². The van der Waals surface area contributed by atoms with Crippen molar-refractivity contribution in [3.05, 3.63) is 83.9 Å². The van der Waals surface area contributed by atoms with Crippen molar-refractivity contribution in [1.82, 2.24) is 4.98 Å². The Bertz CT molecular complexity index is 1080. The van der Waals surface area contributed by atoms with Crippen LogP contribution in [0.5, 0.6) is 0 Å². The maximum atomic E-state index is 4.76. The lowest BCUT2D eigenvalue weighted by Crippen LogP contribution is -2.34. The van der Waals surface area contributed by atoms with Crippen molar-refractivity contribution in [2.45, 2.75) is 32.1 Å². The van der Waals surface area contributed by atoms with Crippen LogP contribution in [0.4, 0.5) is 5.69 Å². The minimum Gasteiger partial charge on any atom is -0.369 e. The zero-order valence-corrected chi connectivity index (χ0v) is 18.2. The van der Waals surface area contributed by atoms with Crippen LogP contribution in [0.25, 0.3) is 21.3 Å². The Morgan fingerprint density at radius 1 is 0.867 bits per heavy atom. The smallest absolute Gasteiger partial charge is 0.105 e. The van der Waals surface area contributed by atoms with Crippen LogP contribution in [0.1, 0.15) is 31.2 Å². The first kappa shape index (κ1) is 19.3. The van der Waals surface area contributed by atoms with E-state index in [2.05, 4.69) is 77.7 Å². The Hall–Kier alpha value is -2.65. The highest BCUT2D eigenvalue weighted by atomic mass is 32.1. The fourth-order valence-electron chi connectivity index (χ4n) is 4.77. The molecule has 3 aromatic carbocycles. The summed E-state index contributed by atoms with van der Waals surface area (Å²) in [7, 11) is 0. The molecule has 0 unspecified atom stereocenters. The highest BCUT2D eigenvalue weighted by Crippen LogP contribution is 2.40. The minimum absolute atomic E-state index is 0.847. The van der Waals surface area contributed by atoms with Gasteiger partial charge in [-0.05, 0) is 55.2 Å². The Kier molecular flexibility index (Phi) is 5.80. The fourth-order valence-corrected chi connectivity index (χ4v) is 5.45. The van der Waals surface area contributed by atoms with Crippen molar-refractivity contribution in [2.75, 3.05) is 18.0 Å².